The summed E-state index contributed by atoms with van der Waals surface area (Å²) >= 11 is 1.27. The Morgan fingerprint density at radius 3 is 2.56 bits per heavy atom. The van der Waals surface area contributed by atoms with E-state index in [-0.39, 0.29) is 12.5 Å². The second-order valence-electron chi connectivity index (χ2n) is 7.33. The van der Waals surface area contributed by atoms with Gasteiger partial charge in [-0.2, -0.15) is 0 Å². The summed E-state index contributed by atoms with van der Waals surface area (Å²) < 4.78 is 5.65. The van der Waals surface area contributed by atoms with Crippen LogP contribution in [0.15, 0.2) is 30.3 Å². The number of carbonyl (C=O) groups is 2. The molecule has 0 aliphatic heterocycles. The molecule has 3 rings (SSSR count). The summed E-state index contributed by atoms with van der Waals surface area (Å²) in [6.07, 6.45) is 0.0412. The van der Waals surface area contributed by atoms with E-state index >= 15 is 0 Å². The molecule has 1 fully saturated rings. The number of nitrogens with zero attached hydrogens (tertiary/aromatic N) is 1. The maximum atomic E-state index is 12.9. The predicted molar refractivity (Wildman–Crippen MR) is 104 cm³/mol. The van der Waals surface area contributed by atoms with Crippen molar-refractivity contribution in [2.45, 2.75) is 45.8 Å². The van der Waals surface area contributed by atoms with E-state index in [1.165, 1.54) is 11.3 Å². The van der Waals surface area contributed by atoms with Gasteiger partial charge in [0.1, 0.15) is 15.4 Å². The average Bonchev–Trinajstić information content (AvgIpc) is 3.03. The van der Waals surface area contributed by atoms with E-state index in [1.54, 1.807) is 6.92 Å². The van der Waals surface area contributed by atoms with Gasteiger partial charge >= 0.3 is 5.97 Å². The summed E-state index contributed by atoms with van der Waals surface area (Å²) in [5, 5.41) is 13.4. The molecule has 1 amide bonds. The normalized spacial score (nSPS) is 23.5. The molecular weight excluding hydrogens is 364 g/mol. The highest BCUT2D eigenvalue weighted by Crippen LogP contribution is 2.51. The van der Waals surface area contributed by atoms with E-state index in [9.17, 15) is 14.7 Å². The zero-order valence-electron chi connectivity index (χ0n) is 15.9. The molecule has 0 spiro atoms. The van der Waals surface area contributed by atoms with Crippen LogP contribution in [-0.4, -0.2) is 40.2 Å². The summed E-state index contributed by atoms with van der Waals surface area (Å²) in [4.78, 5) is 29.9. The molecule has 6 nitrogen and oxygen atoms in total. The van der Waals surface area contributed by atoms with Crippen molar-refractivity contribution in [1.82, 2.24) is 10.3 Å². The lowest BCUT2D eigenvalue weighted by atomic mass is 9.54. The highest BCUT2D eigenvalue weighted by atomic mass is 32.1. The quantitative estimate of drug-likeness (QED) is 0.791. The van der Waals surface area contributed by atoms with Crippen molar-refractivity contribution in [3.63, 3.8) is 0 Å². The highest BCUT2D eigenvalue weighted by molar-refractivity contribution is 7.17. The Kier molecular flexibility index (Phi) is 5.10. The van der Waals surface area contributed by atoms with E-state index in [0.29, 0.717) is 17.2 Å². The number of hydrogen-bond acceptors (Lipinski definition) is 5. The molecule has 0 bridgehead atoms. The monoisotopic (exact) mass is 388 g/mol. The molecule has 1 aromatic carbocycles. The first-order chi connectivity index (χ1) is 12.7. The summed E-state index contributed by atoms with van der Waals surface area (Å²) in [5.41, 5.74) is -0.549. The van der Waals surface area contributed by atoms with Gasteiger partial charge in [-0.05, 0) is 13.8 Å². The number of ether oxygens (including phenoxy) is 1. The number of carboxylic acid groups (broad SMARTS) is 1. The molecule has 27 heavy (non-hydrogen) atoms. The van der Waals surface area contributed by atoms with Gasteiger partial charge in [0.2, 0.25) is 0 Å². The molecule has 1 aliphatic rings. The summed E-state index contributed by atoms with van der Waals surface area (Å²) in [7, 11) is 0. The second-order valence-corrected chi connectivity index (χ2v) is 8.33. The number of rotatable bonds is 6. The lowest BCUT2D eigenvalue weighted by molar-refractivity contribution is -0.190. The van der Waals surface area contributed by atoms with Crippen LogP contribution in [-0.2, 0) is 9.53 Å². The predicted octanol–water partition coefficient (Wildman–Crippen LogP) is 3.51. The summed E-state index contributed by atoms with van der Waals surface area (Å²) in [6.45, 7) is 7.79. The fraction of sp³-hybridized carbons (Fsp3) is 0.450. The molecule has 144 valence electrons. The van der Waals surface area contributed by atoms with Crippen LogP contribution in [0.4, 0.5) is 0 Å². The maximum absolute atomic E-state index is 12.9. The molecule has 1 aromatic heterocycles. The number of nitrogens with one attached hydrogen (secondary N) is 1. The highest BCUT2D eigenvalue weighted by Gasteiger charge is 2.66. The summed E-state index contributed by atoms with van der Waals surface area (Å²) in [6, 6.07) is 9.61. The van der Waals surface area contributed by atoms with Gasteiger partial charge in [-0.25, -0.2) is 9.78 Å². The maximum Gasteiger partial charge on any atom is 0.330 e. The topological polar surface area (TPSA) is 88.5 Å². The van der Waals surface area contributed by atoms with E-state index < -0.39 is 22.8 Å². The number of aryl methyl sites for hydroxylation is 1. The molecule has 2 unspecified atom stereocenters. The van der Waals surface area contributed by atoms with Gasteiger partial charge in [-0.3, -0.25) is 4.79 Å². The van der Waals surface area contributed by atoms with Gasteiger partial charge in [0.15, 0.2) is 0 Å². The van der Waals surface area contributed by atoms with Crippen molar-refractivity contribution >= 4 is 23.2 Å². The number of thiazole rings is 1. The molecule has 2 aromatic rings. The summed E-state index contributed by atoms with van der Waals surface area (Å²) in [5.74, 6) is -1.44. The van der Waals surface area contributed by atoms with Crippen molar-refractivity contribution in [3.05, 3.63) is 40.9 Å². The van der Waals surface area contributed by atoms with Crippen molar-refractivity contribution in [2.24, 2.45) is 5.41 Å². The standard InChI is InChI=1S/C20H24N2O4S/c1-5-26-14-11-20(18(24)25,19(14,3)4)22-16(23)15-12(2)21-17(27-15)13-9-7-6-8-10-13/h6-10,14H,5,11H2,1-4H3,(H,22,23)(H,24,25). The van der Waals surface area contributed by atoms with Crippen LogP contribution in [0.1, 0.15) is 42.6 Å². The lowest BCUT2D eigenvalue weighted by Gasteiger charge is -2.58. The Labute approximate surface area is 162 Å². The number of aromatic nitrogens is 1. The van der Waals surface area contributed by atoms with Crippen molar-refractivity contribution in [3.8, 4) is 10.6 Å². The third kappa shape index (κ3) is 3.15. The Bertz CT molecular complexity index is 862. The van der Waals surface area contributed by atoms with Crippen LogP contribution in [0.5, 0.6) is 0 Å². The number of carbonyl (C=O) groups excluding carboxylic acids is 1. The minimum atomic E-state index is -1.35. The van der Waals surface area contributed by atoms with Crippen LogP contribution < -0.4 is 5.32 Å². The smallest absolute Gasteiger partial charge is 0.330 e. The van der Waals surface area contributed by atoms with Crippen molar-refractivity contribution in [1.29, 1.82) is 0 Å². The molecule has 1 aliphatic carbocycles. The van der Waals surface area contributed by atoms with Gasteiger partial charge in [0.25, 0.3) is 5.91 Å². The van der Waals surface area contributed by atoms with Gasteiger partial charge in [-0.15, -0.1) is 11.3 Å². The molecule has 7 heteroatoms. The molecule has 2 atom stereocenters. The second kappa shape index (κ2) is 7.05. The number of aliphatic carboxylic acids is 1. The Hall–Kier alpha value is -2.25. The molecular formula is C20H24N2O4S. The molecule has 0 saturated heterocycles. The molecule has 1 saturated carbocycles. The SMILES string of the molecule is CCOC1CC(NC(=O)c2sc(-c3ccccc3)nc2C)(C(=O)O)C1(C)C. The first kappa shape index (κ1) is 19.5. The van der Waals surface area contributed by atoms with Gasteiger partial charge in [0, 0.05) is 24.0 Å². The number of benzene rings is 1. The zero-order chi connectivity index (χ0) is 19.8. The van der Waals surface area contributed by atoms with Crippen LogP contribution in [0.25, 0.3) is 10.6 Å². The van der Waals surface area contributed by atoms with E-state index in [4.69, 9.17) is 4.74 Å². The average molecular weight is 388 g/mol. The van der Waals surface area contributed by atoms with Crippen LogP contribution in [0.2, 0.25) is 0 Å². The van der Waals surface area contributed by atoms with E-state index in [2.05, 4.69) is 10.3 Å². The number of amides is 1. The Morgan fingerprint density at radius 2 is 2.00 bits per heavy atom. The van der Waals surface area contributed by atoms with Crippen LogP contribution >= 0.6 is 11.3 Å². The fourth-order valence-electron chi connectivity index (χ4n) is 3.60. The largest absolute Gasteiger partial charge is 0.479 e. The minimum Gasteiger partial charge on any atom is -0.479 e. The Balaban J connectivity index is 1.86. The first-order valence-corrected chi connectivity index (χ1v) is 9.75. The zero-order valence-corrected chi connectivity index (χ0v) is 16.7. The molecule has 1 heterocycles. The molecule has 2 N–H and O–H groups in total. The van der Waals surface area contributed by atoms with Crippen LogP contribution in [0, 0.1) is 12.3 Å². The Morgan fingerprint density at radius 1 is 1.33 bits per heavy atom. The van der Waals surface area contributed by atoms with E-state index in [0.717, 1.165) is 10.6 Å². The van der Waals surface area contributed by atoms with Crippen molar-refractivity contribution in [2.75, 3.05) is 6.61 Å². The van der Waals surface area contributed by atoms with E-state index in [1.807, 2.05) is 51.1 Å². The van der Waals surface area contributed by atoms with Gasteiger partial charge in [-0.1, -0.05) is 44.2 Å². The van der Waals surface area contributed by atoms with Crippen molar-refractivity contribution < 1.29 is 19.4 Å². The van der Waals surface area contributed by atoms with Crippen LogP contribution in [0.3, 0.4) is 0 Å². The number of carboxylic acids is 1. The third-order valence-corrected chi connectivity index (χ3v) is 6.69. The molecule has 0 radical (unpaired) electrons. The minimum absolute atomic E-state index is 0.207. The van der Waals surface area contributed by atoms with Gasteiger partial charge in [0.05, 0.1) is 11.8 Å². The fourth-order valence-corrected chi connectivity index (χ4v) is 4.57. The van der Waals surface area contributed by atoms with Gasteiger partial charge < -0.3 is 15.2 Å². The lowest BCUT2D eigenvalue weighted by Crippen LogP contribution is -2.76. The first-order valence-electron chi connectivity index (χ1n) is 8.93. The number of hydrogen-bond donors (Lipinski definition) is 2. The third-order valence-electron chi connectivity index (χ3n) is 5.48.